The van der Waals surface area contributed by atoms with Crippen LogP contribution < -0.4 is 16.4 Å². The Balaban J connectivity index is 1.51. The van der Waals surface area contributed by atoms with Gasteiger partial charge in [0.1, 0.15) is 6.04 Å². The molecule has 0 fully saturated rings. The molecule has 0 saturated heterocycles. The maximum Gasteiger partial charge on any atom is 0.247 e. The van der Waals surface area contributed by atoms with E-state index in [4.69, 9.17) is 11.0 Å². The van der Waals surface area contributed by atoms with Gasteiger partial charge in [-0.2, -0.15) is 5.26 Å². The Morgan fingerprint density at radius 2 is 1.74 bits per heavy atom. The summed E-state index contributed by atoms with van der Waals surface area (Å²) in [6.45, 7) is -0.200. The van der Waals surface area contributed by atoms with E-state index in [-0.39, 0.29) is 12.5 Å². The number of anilines is 1. The van der Waals surface area contributed by atoms with E-state index < -0.39 is 11.9 Å². The molecule has 1 aliphatic rings. The van der Waals surface area contributed by atoms with Crippen LogP contribution in [-0.2, 0) is 22.4 Å². The number of nitrogens with one attached hydrogen (secondary N) is 2. The van der Waals surface area contributed by atoms with Gasteiger partial charge in [0.15, 0.2) is 0 Å². The fourth-order valence-corrected chi connectivity index (χ4v) is 3.87. The number of carbonyl (C=O) groups excluding carboxylic acids is 2. The highest BCUT2D eigenvalue weighted by atomic mass is 16.2. The van der Waals surface area contributed by atoms with E-state index in [1.807, 2.05) is 30.3 Å². The SMILES string of the molecule is N#Cc1ccc(CC(NC(=O)CN)C(=O)Nc2ccc3c(c2)Cc2ccccc2-3)cc1. The average molecular weight is 410 g/mol. The van der Waals surface area contributed by atoms with Crippen LogP contribution in [0.15, 0.2) is 66.7 Å². The van der Waals surface area contributed by atoms with E-state index in [1.165, 1.54) is 16.7 Å². The molecule has 6 nitrogen and oxygen atoms in total. The minimum atomic E-state index is -0.783. The molecule has 0 aliphatic heterocycles. The number of hydrogen-bond acceptors (Lipinski definition) is 4. The van der Waals surface area contributed by atoms with Crippen molar-refractivity contribution in [2.45, 2.75) is 18.9 Å². The first kappa shape index (κ1) is 20.3. The van der Waals surface area contributed by atoms with Crippen LogP contribution in [0.3, 0.4) is 0 Å². The number of nitrogens with zero attached hydrogens (tertiary/aromatic N) is 1. The molecule has 1 aliphatic carbocycles. The molecule has 3 aromatic carbocycles. The molecule has 0 bridgehead atoms. The summed E-state index contributed by atoms with van der Waals surface area (Å²) < 4.78 is 0. The summed E-state index contributed by atoms with van der Waals surface area (Å²) in [5.74, 6) is -0.722. The van der Waals surface area contributed by atoms with E-state index in [0.29, 0.717) is 17.7 Å². The van der Waals surface area contributed by atoms with Gasteiger partial charge in [-0.15, -0.1) is 0 Å². The number of fused-ring (bicyclic) bond motifs is 3. The molecular formula is C25H22N4O2. The number of amides is 2. The van der Waals surface area contributed by atoms with Gasteiger partial charge in [0.05, 0.1) is 18.2 Å². The molecule has 0 spiro atoms. The summed E-state index contributed by atoms with van der Waals surface area (Å²) in [6, 6.07) is 22.4. The van der Waals surface area contributed by atoms with Crippen molar-refractivity contribution in [3.63, 3.8) is 0 Å². The van der Waals surface area contributed by atoms with Crippen LogP contribution in [0, 0.1) is 11.3 Å². The highest BCUT2D eigenvalue weighted by Gasteiger charge is 2.23. The zero-order valence-corrected chi connectivity index (χ0v) is 16.9. The van der Waals surface area contributed by atoms with E-state index in [0.717, 1.165) is 17.5 Å². The van der Waals surface area contributed by atoms with Gasteiger partial charge in [-0.1, -0.05) is 42.5 Å². The summed E-state index contributed by atoms with van der Waals surface area (Å²) >= 11 is 0. The van der Waals surface area contributed by atoms with Crippen molar-refractivity contribution < 1.29 is 9.59 Å². The van der Waals surface area contributed by atoms with Crippen LogP contribution in [-0.4, -0.2) is 24.4 Å². The molecule has 154 valence electrons. The second kappa shape index (κ2) is 8.82. The zero-order chi connectivity index (χ0) is 21.8. The lowest BCUT2D eigenvalue weighted by Crippen LogP contribution is -2.47. The van der Waals surface area contributed by atoms with Crippen molar-refractivity contribution in [2.24, 2.45) is 5.73 Å². The van der Waals surface area contributed by atoms with Gasteiger partial charge in [-0.25, -0.2) is 0 Å². The largest absolute Gasteiger partial charge is 0.343 e. The van der Waals surface area contributed by atoms with E-state index >= 15 is 0 Å². The number of nitrogens with two attached hydrogens (primary N) is 1. The highest BCUT2D eigenvalue weighted by molar-refractivity contribution is 5.98. The van der Waals surface area contributed by atoms with E-state index in [9.17, 15) is 9.59 Å². The zero-order valence-electron chi connectivity index (χ0n) is 16.9. The summed E-state index contributed by atoms with van der Waals surface area (Å²) in [5, 5.41) is 14.6. The fraction of sp³-hybridized carbons (Fsp3) is 0.160. The third kappa shape index (κ3) is 4.47. The summed E-state index contributed by atoms with van der Waals surface area (Å²) in [5.41, 5.74) is 12.3. The Morgan fingerprint density at radius 1 is 1.00 bits per heavy atom. The Kier molecular flexibility index (Phi) is 5.78. The minimum Gasteiger partial charge on any atom is -0.343 e. The number of benzene rings is 3. The summed E-state index contributed by atoms with van der Waals surface area (Å²) in [6.07, 6.45) is 1.12. The van der Waals surface area contributed by atoms with E-state index in [1.54, 1.807) is 24.3 Å². The lowest BCUT2D eigenvalue weighted by Gasteiger charge is -2.19. The molecule has 1 atom stereocenters. The first-order valence-electron chi connectivity index (χ1n) is 10.1. The highest BCUT2D eigenvalue weighted by Crippen LogP contribution is 2.37. The standard InChI is InChI=1S/C25H22N4O2/c26-14-17-7-5-16(6-8-17)11-23(29-24(30)15-27)25(31)28-20-9-10-22-19(13-20)12-18-3-1-2-4-21(18)22/h1-10,13,23H,11-12,15,27H2,(H,28,31)(H,29,30). The first-order valence-corrected chi connectivity index (χ1v) is 10.1. The smallest absolute Gasteiger partial charge is 0.247 e. The molecule has 4 rings (SSSR count). The maximum atomic E-state index is 13.0. The molecular weight excluding hydrogens is 388 g/mol. The predicted molar refractivity (Wildman–Crippen MR) is 119 cm³/mol. The van der Waals surface area contributed by atoms with Crippen molar-refractivity contribution in [3.8, 4) is 17.2 Å². The number of hydrogen-bond donors (Lipinski definition) is 3. The topological polar surface area (TPSA) is 108 Å². The van der Waals surface area contributed by atoms with Crippen molar-refractivity contribution in [1.82, 2.24) is 5.32 Å². The second-order valence-electron chi connectivity index (χ2n) is 7.53. The van der Waals surface area contributed by atoms with Crippen LogP contribution in [0.2, 0.25) is 0 Å². The summed E-state index contributed by atoms with van der Waals surface area (Å²) in [4.78, 5) is 24.9. The molecule has 0 aromatic heterocycles. The maximum absolute atomic E-state index is 13.0. The number of rotatable bonds is 6. The quantitative estimate of drug-likeness (QED) is 0.454. The Bertz CT molecular complexity index is 1180. The fourth-order valence-electron chi connectivity index (χ4n) is 3.87. The van der Waals surface area contributed by atoms with Gasteiger partial charge in [0, 0.05) is 12.1 Å². The lowest BCUT2D eigenvalue weighted by atomic mass is 10.0. The summed E-state index contributed by atoms with van der Waals surface area (Å²) in [7, 11) is 0. The molecule has 0 heterocycles. The van der Waals surface area contributed by atoms with Crippen LogP contribution in [0.5, 0.6) is 0 Å². The van der Waals surface area contributed by atoms with Crippen molar-refractivity contribution in [1.29, 1.82) is 5.26 Å². The van der Waals surface area contributed by atoms with Gasteiger partial charge >= 0.3 is 0 Å². The molecule has 2 amide bonds. The molecule has 0 saturated carbocycles. The molecule has 4 N–H and O–H groups in total. The van der Waals surface area contributed by atoms with Crippen molar-refractivity contribution in [3.05, 3.63) is 89.0 Å². The van der Waals surface area contributed by atoms with Gasteiger partial charge in [-0.3, -0.25) is 9.59 Å². The molecule has 0 radical (unpaired) electrons. The van der Waals surface area contributed by atoms with Crippen LogP contribution in [0.1, 0.15) is 22.3 Å². The third-order valence-corrected chi connectivity index (χ3v) is 5.42. The average Bonchev–Trinajstić information content (AvgIpc) is 3.16. The van der Waals surface area contributed by atoms with Crippen LogP contribution >= 0.6 is 0 Å². The molecule has 6 heteroatoms. The predicted octanol–water partition coefficient (Wildman–Crippen LogP) is 2.75. The second-order valence-corrected chi connectivity index (χ2v) is 7.53. The normalized spacial score (nSPS) is 12.3. The van der Waals surface area contributed by atoms with Gasteiger partial charge < -0.3 is 16.4 Å². The van der Waals surface area contributed by atoms with Gasteiger partial charge in [0.2, 0.25) is 11.8 Å². The third-order valence-electron chi connectivity index (χ3n) is 5.42. The van der Waals surface area contributed by atoms with Gasteiger partial charge in [-0.05, 0) is 58.5 Å². The number of nitriles is 1. The Labute approximate surface area is 180 Å². The molecule has 3 aromatic rings. The monoisotopic (exact) mass is 410 g/mol. The lowest BCUT2D eigenvalue weighted by molar-refractivity contribution is -0.125. The van der Waals surface area contributed by atoms with Gasteiger partial charge in [0.25, 0.3) is 0 Å². The minimum absolute atomic E-state index is 0.200. The first-order chi connectivity index (χ1) is 15.1. The molecule has 31 heavy (non-hydrogen) atoms. The van der Waals surface area contributed by atoms with Crippen LogP contribution in [0.4, 0.5) is 5.69 Å². The number of carbonyl (C=O) groups is 2. The van der Waals surface area contributed by atoms with Crippen molar-refractivity contribution >= 4 is 17.5 Å². The van der Waals surface area contributed by atoms with Crippen molar-refractivity contribution in [2.75, 3.05) is 11.9 Å². The Hall–Kier alpha value is -3.95. The Morgan fingerprint density at radius 3 is 2.48 bits per heavy atom. The molecule has 1 unspecified atom stereocenters. The van der Waals surface area contributed by atoms with Crippen LogP contribution in [0.25, 0.3) is 11.1 Å². The van der Waals surface area contributed by atoms with E-state index in [2.05, 4.69) is 28.8 Å².